The van der Waals surface area contributed by atoms with Crippen molar-refractivity contribution in [3.8, 4) is 22.5 Å². The van der Waals surface area contributed by atoms with Gasteiger partial charge in [-0.15, -0.1) is 0 Å². The van der Waals surface area contributed by atoms with Crippen LogP contribution in [-0.2, 0) is 0 Å². The zero-order valence-electron chi connectivity index (χ0n) is 24.4. The lowest BCUT2D eigenvalue weighted by Gasteiger charge is -2.24. The summed E-state index contributed by atoms with van der Waals surface area (Å²) in [6, 6.07) is 16.7. The maximum Gasteiger partial charge on any atom is 0.270 e. The number of non-ortho nitro benzene ring substituents is 1. The van der Waals surface area contributed by atoms with Gasteiger partial charge in [0.25, 0.3) is 11.6 Å². The number of nitro groups is 1. The maximum atomic E-state index is 13.7. The van der Waals surface area contributed by atoms with Crippen LogP contribution < -0.4 is 14.8 Å². The number of nitrogens with zero attached hydrogens (tertiary/aromatic N) is 4. The topological polar surface area (TPSA) is 82.8 Å². The van der Waals surface area contributed by atoms with Crippen molar-refractivity contribution >= 4 is 28.3 Å². The molecule has 0 N–H and O–H groups in total. The van der Waals surface area contributed by atoms with Crippen LogP contribution in [0.1, 0.15) is 51.9 Å². The molecule has 0 saturated carbocycles. The molecular formula is C32H39N4O4+. The molecule has 1 amide bonds. The Labute approximate surface area is 235 Å². The van der Waals surface area contributed by atoms with Gasteiger partial charge in [0.1, 0.15) is 24.4 Å². The third-order valence-electron chi connectivity index (χ3n) is 7.71. The van der Waals surface area contributed by atoms with Gasteiger partial charge in [-0.05, 0) is 65.8 Å². The Morgan fingerprint density at radius 1 is 0.825 bits per heavy atom. The van der Waals surface area contributed by atoms with Gasteiger partial charge in [-0.25, -0.2) is 4.58 Å². The molecule has 0 radical (unpaired) electrons. The highest BCUT2D eigenvalue weighted by molar-refractivity contribution is 6.09. The highest BCUT2D eigenvalue weighted by Crippen LogP contribution is 2.43. The second-order valence-electron chi connectivity index (χ2n) is 9.65. The molecule has 2 aromatic rings. The molecule has 0 fully saturated rings. The van der Waals surface area contributed by atoms with Crippen LogP contribution >= 0.6 is 0 Å². The van der Waals surface area contributed by atoms with E-state index in [1.807, 2.05) is 50.2 Å². The summed E-state index contributed by atoms with van der Waals surface area (Å²) in [5, 5.41) is 13.7. The monoisotopic (exact) mass is 543 g/mol. The molecule has 0 atom stereocenters. The van der Waals surface area contributed by atoms with Crippen LogP contribution in [0.3, 0.4) is 0 Å². The molecule has 2 aliphatic rings. The number of carbonyl (C=O) groups excluding carboxylic acids is 1. The number of carbonyl (C=O) groups is 1. The number of hydrogen-bond donors (Lipinski definition) is 0. The highest BCUT2D eigenvalue weighted by atomic mass is 16.6. The van der Waals surface area contributed by atoms with E-state index in [4.69, 9.17) is 4.42 Å². The van der Waals surface area contributed by atoms with Gasteiger partial charge in [0.15, 0.2) is 0 Å². The fourth-order valence-corrected chi connectivity index (χ4v) is 5.45. The number of anilines is 1. The molecule has 1 aliphatic heterocycles. The second kappa shape index (κ2) is 12.3. The summed E-state index contributed by atoms with van der Waals surface area (Å²) in [7, 11) is 0. The number of rotatable bonds is 10. The molecule has 0 unspecified atom stereocenters. The number of benzene rings is 3. The summed E-state index contributed by atoms with van der Waals surface area (Å²) in [4.78, 5) is 29.2. The average Bonchev–Trinajstić information content (AvgIpc) is 2.97. The minimum atomic E-state index is -0.413. The molecule has 4 rings (SSSR count). The Bertz CT molecular complexity index is 1580. The lowest BCUT2D eigenvalue weighted by atomic mass is 9.89. The summed E-state index contributed by atoms with van der Waals surface area (Å²) < 4.78 is 8.80. The molecule has 0 spiro atoms. The quantitative estimate of drug-likeness (QED) is 0.102. The molecule has 210 valence electrons. The van der Waals surface area contributed by atoms with E-state index in [0.717, 1.165) is 53.7 Å². The molecule has 8 heteroatoms. The SMILES string of the molecule is CCN(CC)C(=O)c1ccc([N+](=O)[O-])cc1-c1c2ccc(=[N+](CC)CC)cc-2oc2cc(N(CC)CC)ccc12. The van der Waals surface area contributed by atoms with Gasteiger partial charge in [0.05, 0.1) is 11.0 Å². The van der Waals surface area contributed by atoms with E-state index in [0.29, 0.717) is 35.6 Å². The number of hydrogen-bond acceptors (Lipinski definition) is 5. The summed E-state index contributed by atoms with van der Waals surface area (Å²) >= 11 is 0. The van der Waals surface area contributed by atoms with Crippen LogP contribution in [0.25, 0.3) is 33.4 Å². The Kier molecular flexibility index (Phi) is 8.87. The van der Waals surface area contributed by atoms with Crippen molar-refractivity contribution < 1.29 is 14.1 Å². The summed E-state index contributed by atoms with van der Waals surface area (Å²) in [5.41, 5.74) is 4.15. The fraction of sp³-hybridized carbons (Fsp3) is 0.375. The molecule has 1 aliphatic carbocycles. The van der Waals surface area contributed by atoms with E-state index in [1.54, 1.807) is 11.0 Å². The third kappa shape index (κ3) is 5.30. The van der Waals surface area contributed by atoms with Gasteiger partial charge in [0.2, 0.25) is 5.36 Å². The van der Waals surface area contributed by atoms with Gasteiger partial charge in [-0.2, -0.15) is 0 Å². The van der Waals surface area contributed by atoms with Gasteiger partial charge >= 0.3 is 0 Å². The van der Waals surface area contributed by atoms with Crippen molar-refractivity contribution in [3.63, 3.8) is 0 Å². The highest BCUT2D eigenvalue weighted by Gasteiger charge is 2.26. The minimum absolute atomic E-state index is 0.0623. The lowest BCUT2D eigenvalue weighted by Crippen LogP contribution is -2.31. The van der Waals surface area contributed by atoms with Crippen LogP contribution in [0.2, 0.25) is 0 Å². The molecule has 0 bridgehead atoms. The van der Waals surface area contributed by atoms with Crippen molar-refractivity contribution in [2.75, 3.05) is 44.2 Å². The van der Waals surface area contributed by atoms with E-state index < -0.39 is 4.92 Å². The van der Waals surface area contributed by atoms with Gasteiger partial charge in [-0.3, -0.25) is 14.9 Å². The van der Waals surface area contributed by atoms with Crippen LogP contribution in [-0.4, -0.2) is 55.0 Å². The lowest BCUT2D eigenvalue weighted by molar-refractivity contribution is -0.384. The zero-order chi connectivity index (χ0) is 29.0. The normalized spacial score (nSPS) is 11.2. The standard InChI is InChI=1S/C32H39N4O4/c1-7-33(8-2)22-13-17-26-29(20-22)40-30-21-23(34(9-3)10-4)14-18-27(30)31(26)28-19-24(36(38)39)15-16-25(28)32(37)35(11-5)12-6/h13-21H,7-12H2,1-6H3/q+1. The van der Waals surface area contributed by atoms with Crippen molar-refractivity contribution in [2.45, 2.75) is 41.5 Å². The van der Waals surface area contributed by atoms with Gasteiger partial charge in [0, 0.05) is 83.8 Å². The maximum absolute atomic E-state index is 13.7. The predicted octanol–water partition coefficient (Wildman–Crippen LogP) is 6.25. The van der Waals surface area contributed by atoms with Crippen LogP contribution in [0.4, 0.5) is 11.4 Å². The Balaban J connectivity index is 2.17. The van der Waals surface area contributed by atoms with E-state index in [2.05, 4.69) is 37.2 Å². The van der Waals surface area contributed by atoms with Gasteiger partial charge in [-0.1, -0.05) is 0 Å². The van der Waals surface area contributed by atoms with E-state index >= 15 is 0 Å². The molecule has 0 saturated heterocycles. The molecule has 1 heterocycles. The smallest absolute Gasteiger partial charge is 0.270 e. The van der Waals surface area contributed by atoms with E-state index in [9.17, 15) is 14.9 Å². The largest absolute Gasteiger partial charge is 0.456 e. The first-order chi connectivity index (χ1) is 19.3. The average molecular weight is 544 g/mol. The first kappa shape index (κ1) is 28.8. The van der Waals surface area contributed by atoms with Crippen LogP contribution in [0.5, 0.6) is 0 Å². The second-order valence-corrected chi connectivity index (χ2v) is 9.65. The molecule has 40 heavy (non-hydrogen) atoms. The predicted molar refractivity (Wildman–Crippen MR) is 162 cm³/mol. The van der Waals surface area contributed by atoms with Gasteiger partial charge < -0.3 is 14.2 Å². The molecule has 8 nitrogen and oxygen atoms in total. The van der Waals surface area contributed by atoms with Crippen molar-refractivity contribution in [1.82, 2.24) is 9.48 Å². The number of amides is 1. The molecular weight excluding hydrogens is 504 g/mol. The Morgan fingerprint density at radius 2 is 1.52 bits per heavy atom. The number of nitro benzene ring substituents is 1. The van der Waals surface area contributed by atoms with Crippen LogP contribution in [0, 0.1) is 10.1 Å². The Morgan fingerprint density at radius 3 is 2.12 bits per heavy atom. The third-order valence-corrected chi connectivity index (χ3v) is 7.71. The van der Waals surface area contributed by atoms with Crippen molar-refractivity contribution in [1.29, 1.82) is 0 Å². The summed E-state index contributed by atoms with van der Waals surface area (Å²) in [6.45, 7) is 16.8. The summed E-state index contributed by atoms with van der Waals surface area (Å²) in [6.07, 6.45) is 0. The van der Waals surface area contributed by atoms with Crippen LogP contribution in [0.15, 0.2) is 59.0 Å². The van der Waals surface area contributed by atoms with Crippen molar-refractivity contribution in [3.05, 3.63) is 75.6 Å². The first-order valence-electron chi connectivity index (χ1n) is 14.2. The van der Waals surface area contributed by atoms with E-state index in [-0.39, 0.29) is 11.6 Å². The molecule has 0 aromatic heterocycles. The summed E-state index contributed by atoms with van der Waals surface area (Å²) in [5.74, 6) is 0.507. The number of fused-ring (bicyclic) bond motifs is 2. The molecule has 2 aromatic carbocycles. The van der Waals surface area contributed by atoms with E-state index in [1.165, 1.54) is 12.1 Å². The minimum Gasteiger partial charge on any atom is -0.456 e. The zero-order valence-corrected chi connectivity index (χ0v) is 24.4. The van der Waals surface area contributed by atoms with Crippen molar-refractivity contribution in [2.24, 2.45) is 0 Å². The Hall–Kier alpha value is -4.20. The fourth-order valence-electron chi connectivity index (χ4n) is 5.45. The first-order valence-corrected chi connectivity index (χ1v) is 14.2.